The molecule has 142 valence electrons. The molecule has 27 heavy (non-hydrogen) atoms. The summed E-state index contributed by atoms with van der Waals surface area (Å²) in [6.45, 7) is 3.80. The molecule has 0 aliphatic rings. The number of methoxy groups -OCH3 is 1. The molecule has 0 fully saturated rings. The van der Waals surface area contributed by atoms with Gasteiger partial charge in [0, 0.05) is 13.0 Å². The maximum absolute atomic E-state index is 12.5. The predicted octanol–water partition coefficient (Wildman–Crippen LogP) is 2.75. The van der Waals surface area contributed by atoms with Crippen LogP contribution in [0.5, 0.6) is 0 Å². The van der Waals surface area contributed by atoms with Gasteiger partial charge in [0.1, 0.15) is 5.52 Å². The molecular formula is C19H20N2O5S. The van der Waals surface area contributed by atoms with E-state index in [0.717, 1.165) is 11.1 Å². The number of carbonyl (C=O) groups is 1. The summed E-state index contributed by atoms with van der Waals surface area (Å²) >= 11 is 0. The van der Waals surface area contributed by atoms with E-state index in [2.05, 4.69) is 14.4 Å². The topological polar surface area (TPSA) is 98.5 Å². The number of oxazole rings is 1. The minimum absolute atomic E-state index is 0.00156. The monoisotopic (exact) mass is 388 g/mol. The van der Waals surface area contributed by atoms with Crippen molar-refractivity contribution in [2.24, 2.45) is 0 Å². The number of nitrogens with zero attached hydrogens (tertiary/aromatic N) is 1. The molecule has 2 aromatic carbocycles. The molecule has 0 bridgehead atoms. The molecule has 0 aliphatic heterocycles. The SMILES string of the molecule is COC(=O)c1cc(S(=O)(=O)NCCc2nc3cc(C)ccc3o2)ccc1C. The molecule has 3 aromatic rings. The second-order valence-electron chi connectivity index (χ2n) is 6.19. The van der Waals surface area contributed by atoms with Crippen LogP contribution in [-0.4, -0.2) is 33.0 Å². The number of aryl methyl sites for hydroxylation is 2. The molecule has 0 atom stereocenters. The first-order valence-electron chi connectivity index (χ1n) is 8.35. The van der Waals surface area contributed by atoms with Crippen molar-refractivity contribution >= 4 is 27.1 Å². The van der Waals surface area contributed by atoms with Gasteiger partial charge in [0.25, 0.3) is 0 Å². The van der Waals surface area contributed by atoms with Crippen molar-refractivity contribution < 1.29 is 22.4 Å². The van der Waals surface area contributed by atoms with E-state index in [0.29, 0.717) is 23.5 Å². The molecule has 3 rings (SSSR count). The van der Waals surface area contributed by atoms with Gasteiger partial charge in [0.05, 0.1) is 17.6 Å². The van der Waals surface area contributed by atoms with Crippen LogP contribution >= 0.6 is 0 Å². The number of carbonyl (C=O) groups excluding carboxylic acids is 1. The van der Waals surface area contributed by atoms with Crippen molar-refractivity contribution in [2.75, 3.05) is 13.7 Å². The highest BCUT2D eigenvalue weighted by Crippen LogP contribution is 2.18. The Balaban J connectivity index is 1.72. The van der Waals surface area contributed by atoms with Gasteiger partial charge in [-0.3, -0.25) is 0 Å². The largest absolute Gasteiger partial charge is 0.465 e. The van der Waals surface area contributed by atoms with Crippen LogP contribution in [0, 0.1) is 13.8 Å². The molecule has 0 amide bonds. The molecule has 0 saturated carbocycles. The number of aromatic nitrogens is 1. The Bertz CT molecular complexity index is 1100. The molecule has 0 unspecified atom stereocenters. The van der Waals surface area contributed by atoms with Crippen LogP contribution in [0.3, 0.4) is 0 Å². The lowest BCUT2D eigenvalue weighted by Crippen LogP contribution is -2.26. The van der Waals surface area contributed by atoms with Crippen molar-refractivity contribution in [3.63, 3.8) is 0 Å². The second-order valence-corrected chi connectivity index (χ2v) is 7.96. The molecule has 0 radical (unpaired) electrons. The van der Waals surface area contributed by atoms with Crippen molar-refractivity contribution in [1.82, 2.24) is 9.71 Å². The number of esters is 1. The van der Waals surface area contributed by atoms with Crippen molar-refractivity contribution in [1.29, 1.82) is 0 Å². The zero-order valence-corrected chi connectivity index (χ0v) is 16.1. The zero-order chi connectivity index (χ0) is 19.6. The molecule has 0 saturated heterocycles. The Morgan fingerprint density at radius 3 is 2.70 bits per heavy atom. The van der Waals surface area contributed by atoms with Gasteiger partial charge < -0.3 is 9.15 Å². The van der Waals surface area contributed by atoms with Crippen molar-refractivity contribution in [3.8, 4) is 0 Å². The first-order valence-corrected chi connectivity index (χ1v) is 9.83. The number of hydrogen-bond acceptors (Lipinski definition) is 6. The summed E-state index contributed by atoms with van der Waals surface area (Å²) in [6.07, 6.45) is 0.308. The van der Waals surface area contributed by atoms with Crippen LogP contribution in [-0.2, 0) is 21.2 Å². The number of benzene rings is 2. The smallest absolute Gasteiger partial charge is 0.338 e. The van der Waals surface area contributed by atoms with Crippen molar-refractivity contribution in [2.45, 2.75) is 25.2 Å². The highest BCUT2D eigenvalue weighted by molar-refractivity contribution is 7.89. The van der Waals surface area contributed by atoms with E-state index in [-0.39, 0.29) is 17.0 Å². The first-order chi connectivity index (χ1) is 12.8. The Hall–Kier alpha value is -2.71. The van der Waals surface area contributed by atoms with Crippen LogP contribution in [0.4, 0.5) is 0 Å². The third kappa shape index (κ3) is 4.17. The molecule has 0 aliphatic carbocycles. The van der Waals surface area contributed by atoms with Gasteiger partial charge in [0.2, 0.25) is 10.0 Å². The predicted molar refractivity (Wildman–Crippen MR) is 100 cm³/mol. The minimum atomic E-state index is -3.78. The number of sulfonamides is 1. The number of fused-ring (bicyclic) bond motifs is 1. The number of rotatable bonds is 6. The summed E-state index contributed by atoms with van der Waals surface area (Å²) in [4.78, 5) is 16.1. The van der Waals surface area contributed by atoms with Gasteiger partial charge in [-0.25, -0.2) is 22.9 Å². The van der Waals surface area contributed by atoms with Gasteiger partial charge in [-0.15, -0.1) is 0 Å². The quantitative estimate of drug-likeness (QED) is 0.652. The van der Waals surface area contributed by atoms with Gasteiger partial charge in [-0.2, -0.15) is 0 Å². The highest BCUT2D eigenvalue weighted by Gasteiger charge is 2.18. The number of nitrogens with one attached hydrogen (secondary N) is 1. The molecule has 1 heterocycles. The third-order valence-corrected chi connectivity index (χ3v) is 5.60. The lowest BCUT2D eigenvalue weighted by molar-refractivity contribution is 0.0599. The summed E-state index contributed by atoms with van der Waals surface area (Å²) in [5.74, 6) is -0.122. The van der Waals surface area contributed by atoms with Crippen LogP contribution in [0.2, 0.25) is 0 Å². The highest BCUT2D eigenvalue weighted by atomic mass is 32.2. The van der Waals surface area contributed by atoms with E-state index in [1.165, 1.54) is 19.2 Å². The fourth-order valence-electron chi connectivity index (χ4n) is 2.67. The van der Waals surface area contributed by atoms with E-state index < -0.39 is 16.0 Å². The van der Waals surface area contributed by atoms with Gasteiger partial charge >= 0.3 is 5.97 Å². The summed E-state index contributed by atoms with van der Waals surface area (Å²) in [5.41, 5.74) is 3.34. The van der Waals surface area contributed by atoms with Crippen molar-refractivity contribution in [3.05, 3.63) is 59.0 Å². The van der Waals surface area contributed by atoms with Crippen LogP contribution < -0.4 is 4.72 Å². The van der Waals surface area contributed by atoms with Gasteiger partial charge in [-0.1, -0.05) is 12.1 Å². The molecule has 0 spiro atoms. The van der Waals surface area contributed by atoms with E-state index in [4.69, 9.17) is 4.42 Å². The summed E-state index contributed by atoms with van der Waals surface area (Å²) in [6, 6.07) is 10.0. The Morgan fingerprint density at radius 2 is 1.96 bits per heavy atom. The van der Waals surface area contributed by atoms with Crippen LogP contribution in [0.25, 0.3) is 11.1 Å². The molecule has 1 N–H and O–H groups in total. The third-order valence-electron chi connectivity index (χ3n) is 4.14. The maximum atomic E-state index is 12.5. The van der Waals surface area contributed by atoms with E-state index >= 15 is 0 Å². The molecule has 7 nitrogen and oxygen atoms in total. The van der Waals surface area contributed by atoms with Gasteiger partial charge in [0.15, 0.2) is 11.5 Å². The molecule has 8 heteroatoms. The van der Waals surface area contributed by atoms with Crippen LogP contribution in [0.1, 0.15) is 27.4 Å². The number of hydrogen-bond donors (Lipinski definition) is 1. The van der Waals surface area contributed by atoms with Gasteiger partial charge in [-0.05, 0) is 49.2 Å². The lowest BCUT2D eigenvalue weighted by atomic mass is 10.1. The minimum Gasteiger partial charge on any atom is -0.465 e. The average Bonchev–Trinajstić information content (AvgIpc) is 3.02. The lowest BCUT2D eigenvalue weighted by Gasteiger charge is -2.09. The fourth-order valence-corrected chi connectivity index (χ4v) is 3.72. The fraction of sp³-hybridized carbons (Fsp3) is 0.263. The zero-order valence-electron chi connectivity index (χ0n) is 15.3. The summed E-state index contributed by atoms with van der Waals surface area (Å²) in [5, 5.41) is 0. The first kappa shape index (κ1) is 19.1. The standard InChI is InChI=1S/C19H20N2O5S/c1-12-4-7-17-16(10-12)21-18(26-17)8-9-20-27(23,24)14-6-5-13(2)15(11-14)19(22)25-3/h4-7,10-11,20H,8-9H2,1-3H3. The van der Waals surface area contributed by atoms with E-state index in [1.54, 1.807) is 13.0 Å². The van der Waals surface area contributed by atoms with E-state index in [1.807, 2.05) is 25.1 Å². The normalized spacial score (nSPS) is 11.7. The van der Waals surface area contributed by atoms with E-state index in [9.17, 15) is 13.2 Å². The molecule has 1 aromatic heterocycles. The second kappa shape index (κ2) is 7.50. The summed E-state index contributed by atoms with van der Waals surface area (Å²) < 4.78 is 37.8. The summed E-state index contributed by atoms with van der Waals surface area (Å²) in [7, 11) is -2.52. The Morgan fingerprint density at radius 1 is 1.19 bits per heavy atom. The molecular weight excluding hydrogens is 368 g/mol. The number of ether oxygens (including phenoxy) is 1. The maximum Gasteiger partial charge on any atom is 0.338 e. The Labute approximate surface area is 157 Å². The Kier molecular flexibility index (Phi) is 5.29. The average molecular weight is 388 g/mol. The van der Waals surface area contributed by atoms with Crippen LogP contribution in [0.15, 0.2) is 45.7 Å².